The molecular formula is C7H8Cl3NO2. The lowest BCUT2D eigenvalue weighted by atomic mass is 10.1. The zero-order valence-corrected chi connectivity index (χ0v) is 9.08. The average Bonchev–Trinajstić information content (AvgIpc) is 1.82. The van der Waals surface area contributed by atoms with Gasteiger partial charge in [0.1, 0.15) is 0 Å². The quantitative estimate of drug-likeness (QED) is 0.598. The Labute approximate surface area is 91.5 Å². The van der Waals surface area contributed by atoms with E-state index in [1.54, 1.807) is 0 Å². The molecule has 0 aromatic rings. The molecule has 0 aromatic heterocycles. The van der Waals surface area contributed by atoms with Gasteiger partial charge in [-0.25, -0.2) is 4.79 Å². The number of hydrogen-bond acceptors (Lipinski definition) is 2. The highest BCUT2D eigenvalue weighted by molar-refractivity contribution is 6.68. The van der Waals surface area contributed by atoms with Gasteiger partial charge in [0.15, 0.2) is 5.60 Å². The third kappa shape index (κ3) is 3.51. The molecule has 0 radical (unpaired) electrons. The molecule has 74 valence electrons. The third-order valence-corrected chi connectivity index (χ3v) is 2.56. The van der Waals surface area contributed by atoms with Crippen LogP contribution in [0.2, 0.25) is 0 Å². The number of carbonyl (C=O) groups excluding carboxylic acids is 1. The van der Waals surface area contributed by atoms with E-state index in [1.807, 2.05) is 0 Å². The molecule has 0 fully saturated rings. The number of ether oxygens (including phenoxy) is 1. The highest BCUT2D eigenvalue weighted by Gasteiger charge is 2.47. The minimum Gasteiger partial charge on any atom is -0.438 e. The Morgan fingerprint density at radius 2 is 2.08 bits per heavy atom. The number of nitrogens with two attached hydrogens (primary N) is 1. The number of terminal acetylenes is 1. The molecule has 0 saturated carbocycles. The van der Waals surface area contributed by atoms with Gasteiger partial charge in [-0.2, -0.15) is 0 Å². The highest BCUT2D eigenvalue weighted by Crippen LogP contribution is 2.42. The van der Waals surface area contributed by atoms with Gasteiger partial charge < -0.3 is 10.5 Å². The molecular weight excluding hydrogens is 236 g/mol. The van der Waals surface area contributed by atoms with Crippen molar-refractivity contribution < 1.29 is 9.53 Å². The lowest BCUT2D eigenvalue weighted by Crippen LogP contribution is -2.45. The van der Waals surface area contributed by atoms with Crippen LogP contribution in [-0.4, -0.2) is 15.5 Å². The standard InChI is InChI=1S/C7H8Cl3NO2/c1-3-4-6(2,7(8,9)10)13-5(11)12/h1H,4H2,2H3,(H2,11,12). The molecule has 0 aliphatic rings. The normalized spacial score (nSPS) is 15.6. The maximum atomic E-state index is 10.5. The third-order valence-electron chi connectivity index (χ3n) is 1.36. The Hall–Kier alpha value is -0.300. The van der Waals surface area contributed by atoms with E-state index in [2.05, 4.69) is 10.7 Å². The maximum absolute atomic E-state index is 10.5. The van der Waals surface area contributed by atoms with Crippen molar-refractivity contribution in [3.05, 3.63) is 0 Å². The smallest absolute Gasteiger partial charge is 0.405 e. The molecule has 0 saturated heterocycles. The van der Waals surface area contributed by atoms with Crippen LogP contribution < -0.4 is 5.73 Å². The summed E-state index contributed by atoms with van der Waals surface area (Å²) in [6.45, 7) is 1.39. The van der Waals surface area contributed by atoms with Crippen LogP contribution >= 0.6 is 34.8 Å². The molecule has 13 heavy (non-hydrogen) atoms. The maximum Gasteiger partial charge on any atom is 0.405 e. The van der Waals surface area contributed by atoms with E-state index in [-0.39, 0.29) is 6.42 Å². The van der Waals surface area contributed by atoms with Crippen LogP contribution in [0.3, 0.4) is 0 Å². The van der Waals surface area contributed by atoms with Gasteiger partial charge in [0.2, 0.25) is 3.79 Å². The predicted octanol–water partition coefficient (Wildman–Crippen LogP) is 2.23. The Morgan fingerprint density at radius 1 is 1.62 bits per heavy atom. The summed E-state index contributed by atoms with van der Waals surface area (Å²) in [7, 11) is 0. The van der Waals surface area contributed by atoms with Gasteiger partial charge in [0.05, 0.1) is 6.42 Å². The number of carbonyl (C=O) groups is 1. The van der Waals surface area contributed by atoms with Crippen molar-refractivity contribution in [3.8, 4) is 12.3 Å². The summed E-state index contributed by atoms with van der Waals surface area (Å²) >= 11 is 16.7. The van der Waals surface area contributed by atoms with Crippen LogP contribution in [0.4, 0.5) is 4.79 Å². The second-order valence-electron chi connectivity index (χ2n) is 2.53. The zero-order valence-electron chi connectivity index (χ0n) is 6.81. The van der Waals surface area contributed by atoms with E-state index in [0.29, 0.717) is 0 Å². The Bertz CT molecular complexity index is 243. The number of rotatable bonds is 2. The number of amides is 1. The molecule has 1 atom stereocenters. The molecule has 2 N–H and O–H groups in total. The molecule has 0 aliphatic heterocycles. The van der Waals surface area contributed by atoms with Crippen molar-refractivity contribution in [1.29, 1.82) is 0 Å². The number of primary amides is 1. The fourth-order valence-electron chi connectivity index (χ4n) is 0.611. The van der Waals surface area contributed by atoms with Crippen LogP contribution in [0, 0.1) is 12.3 Å². The minimum atomic E-state index is -1.81. The van der Waals surface area contributed by atoms with E-state index in [9.17, 15) is 4.79 Å². The Kier molecular flexibility index (Phi) is 4.18. The summed E-state index contributed by atoms with van der Waals surface area (Å²) in [4.78, 5) is 10.5. The van der Waals surface area contributed by atoms with Crippen molar-refractivity contribution in [2.75, 3.05) is 0 Å². The minimum absolute atomic E-state index is 0.0353. The molecule has 0 spiro atoms. The molecule has 0 bridgehead atoms. The number of hydrogen-bond donors (Lipinski definition) is 1. The molecule has 0 heterocycles. The molecule has 3 nitrogen and oxygen atoms in total. The van der Waals surface area contributed by atoms with Crippen molar-refractivity contribution in [2.45, 2.75) is 22.7 Å². The van der Waals surface area contributed by atoms with Crippen molar-refractivity contribution >= 4 is 40.9 Å². The molecule has 0 rings (SSSR count). The average molecular weight is 245 g/mol. The van der Waals surface area contributed by atoms with Crippen molar-refractivity contribution in [1.82, 2.24) is 0 Å². The van der Waals surface area contributed by atoms with E-state index < -0.39 is 15.5 Å². The van der Waals surface area contributed by atoms with Crippen LogP contribution in [0.25, 0.3) is 0 Å². The highest BCUT2D eigenvalue weighted by atomic mass is 35.6. The molecule has 1 amide bonds. The summed E-state index contributed by atoms with van der Waals surface area (Å²) < 4.78 is 2.83. The summed E-state index contributed by atoms with van der Waals surface area (Å²) in [5.74, 6) is 2.23. The van der Waals surface area contributed by atoms with Crippen LogP contribution in [0.1, 0.15) is 13.3 Å². The van der Waals surface area contributed by atoms with Crippen molar-refractivity contribution in [2.24, 2.45) is 5.73 Å². The fourth-order valence-corrected chi connectivity index (χ4v) is 0.927. The fraction of sp³-hybridized carbons (Fsp3) is 0.571. The van der Waals surface area contributed by atoms with Crippen LogP contribution in [0.15, 0.2) is 0 Å². The molecule has 6 heteroatoms. The van der Waals surface area contributed by atoms with E-state index in [4.69, 9.17) is 47.0 Å². The number of halogens is 3. The molecule has 1 unspecified atom stereocenters. The van der Waals surface area contributed by atoms with Gasteiger partial charge in [-0.15, -0.1) is 12.3 Å². The van der Waals surface area contributed by atoms with Gasteiger partial charge in [-0.3, -0.25) is 0 Å². The summed E-state index contributed by atoms with van der Waals surface area (Å²) in [5, 5.41) is 0. The van der Waals surface area contributed by atoms with E-state index >= 15 is 0 Å². The summed E-state index contributed by atoms with van der Waals surface area (Å²) in [6, 6.07) is 0. The lowest BCUT2D eigenvalue weighted by Gasteiger charge is -2.33. The largest absolute Gasteiger partial charge is 0.438 e. The first kappa shape index (κ1) is 12.7. The van der Waals surface area contributed by atoms with Crippen LogP contribution in [0.5, 0.6) is 0 Å². The summed E-state index contributed by atoms with van der Waals surface area (Å²) in [5.41, 5.74) is 3.40. The predicted molar refractivity (Wildman–Crippen MR) is 52.8 cm³/mol. The SMILES string of the molecule is C#CCC(C)(OC(N)=O)C(Cl)(Cl)Cl. The van der Waals surface area contributed by atoms with Gasteiger partial charge in [0, 0.05) is 0 Å². The van der Waals surface area contributed by atoms with Gasteiger partial charge in [-0.1, -0.05) is 34.8 Å². The Balaban J connectivity index is 4.75. The van der Waals surface area contributed by atoms with E-state index in [0.717, 1.165) is 0 Å². The first-order valence-electron chi connectivity index (χ1n) is 3.21. The second-order valence-corrected chi connectivity index (χ2v) is 4.81. The van der Waals surface area contributed by atoms with Gasteiger partial charge in [-0.05, 0) is 6.92 Å². The molecule has 0 aromatic carbocycles. The van der Waals surface area contributed by atoms with Gasteiger partial charge >= 0.3 is 6.09 Å². The summed E-state index contributed by atoms with van der Waals surface area (Å²) in [6.07, 6.45) is 3.96. The van der Waals surface area contributed by atoms with Crippen LogP contribution in [-0.2, 0) is 4.74 Å². The monoisotopic (exact) mass is 243 g/mol. The lowest BCUT2D eigenvalue weighted by molar-refractivity contribution is 0.0378. The zero-order chi connectivity index (χ0) is 10.7. The number of alkyl halides is 3. The van der Waals surface area contributed by atoms with Gasteiger partial charge in [0.25, 0.3) is 0 Å². The van der Waals surface area contributed by atoms with Crippen molar-refractivity contribution in [3.63, 3.8) is 0 Å². The van der Waals surface area contributed by atoms with E-state index in [1.165, 1.54) is 6.92 Å². The first-order valence-corrected chi connectivity index (χ1v) is 4.35. The topological polar surface area (TPSA) is 52.3 Å². The molecule has 0 aliphatic carbocycles. The first-order chi connectivity index (χ1) is 5.73. The Morgan fingerprint density at radius 3 is 2.31 bits per heavy atom. The second kappa shape index (κ2) is 4.28.